The number of sulfonamides is 1. The number of imide groups is 1. The Morgan fingerprint density at radius 3 is 2.48 bits per heavy atom. The van der Waals surface area contributed by atoms with Crippen LogP contribution in [-0.2, 0) is 19.6 Å². The van der Waals surface area contributed by atoms with Crippen molar-refractivity contribution in [1.29, 1.82) is 0 Å². The molecule has 0 aliphatic carbocycles. The number of ether oxygens (including phenoxy) is 1. The van der Waals surface area contributed by atoms with E-state index in [1.807, 2.05) is 0 Å². The number of nitrogens with one attached hydrogen (secondary N) is 1. The SMILES string of the molecule is Cc1ccc(S(=O)(=O)NC(CN2C(=O)COC2=O)c2ccccc2)cc1Cl. The van der Waals surface area contributed by atoms with Crippen molar-refractivity contribution >= 4 is 33.6 Å². The van der Waals surface area contributed by atoms with Crippen LogP contribution in [0, 0.1) is 6.92 Å². The number of hydrogen-bond donors (Lipinski definition) is 1. The van der Waals surface area contributed by atoms with Gasteiger partial charge in [-0.2, -0.15) is 0 Å². The first-order valence-corrected chi connectivity index (χ1v) is 9.94. The van der Waals surface area contributed by atoms with Gasteiger partial charge in [-0.25, -0.2) is 22.8 Å². The molecule has 0 radical (unpaired) electrons. The molecule has 1 unspecified atom stereocenters. The van der Waals surface area contributed by atoms with Crippen LogP contribution >= 0.6 is 11.6 Å². The molecule has 1 aliphatic rings. The molecule has 0 spiro atoms. The minimum atomic E-state index is -3.95. The highest BCUT2D eigenvalue weighted by Crippen LogP contribution is 2.23. The minimum absolute atomic E-state index is 0.00523. The lowest BCUT2D eigenvalue weighted by molar-refractivity contribution is -0.126. The second-order valence-electron chi connectivity index (χ2n) is 6.05. The minimum Gasteiger partial charge on any atom is -0.439 e. The Labute approximate surface area is 161 Å². The number of aryl methyl sites for hydroxylation is 1. The van der Waals surface area contributed by atoms with Crippen LogP contribution < -0.4 is 4.72 Å². The summed E-state index contributed by atoms with van der Waals surface area (Å²) in [6.07, 6.45) is -0.793. The van der Waals surface area contributed by atoms with Crippen LogP contribution in [0.15, 0.2) is 53.4 Å². The molecule has 1 atom stereocenters. The van der Waals surface area contributed by atoms with Crippen molar-refractivity contribution in [2.75, 3.05) is 13.2 Å². The number of carbonyl (C=O) groups is 2. The Bertz CT molecular complexity index is 963. The number of cyclic esters (lactones) is 1. The lowest BCUT2D eigenvalue weighted by atomic mass is 10.1. The quantitative estimate of drug-likeness (QED) is 0.793. The van der Waals surface area contributed by atoms with Gasteiger partial charge >= 0.3 is 6.09 Å². The van der Waals surface area contributed by atoms with Crippen molar-refractivity contribution in [3.05, 3.63) is 64.7 Å². The monoisotopic (exact) mass is 408 g/mol. The van der Waals surface area contributed by atoms with E-state index in [1.165, 1.54) is 12.1 Å². The zero-order chi connectivity index (χ0) is 19.6. The molecule has 1 fully saturated rings. The maximum absolute atomic E-state index is 12.8. The molecule has 142 valence electrons. The van der Waals surface area contributed by atoms with Crippen LogP contribution in [0.4, 0.5) is 4.79 Å². The molecule has 2 aromatic rings. The number of benzene rings is 2. The molecule has 2 aromatic carbocycles. The van der Waals surface area contributed by atoms with Gasteiger partial charge in [0.15, 0.2) is 6.61 Å². The fourth-order valence-electron chi connectivity index (χ4n) is 2.63. The fourth-order valence-corrected chi connectivity index (χ4v) is 4.12. The number of rotatable bonds is 6. The van der Waals surface area contributed by atoms with Crippen LogP contribution in [0.25, 0.3) is 0 Å². The molecule has 3 rings (SSSR count). The number of halogens is 1. The van der Waals surface area contributed by atoms with E-state index in [1.54, 1.807) is 43.3 Å². The van der Waals surface area contributed by atoms with Gasteiger partial charge in [0.05, 0.1) is 17.5 Å². The molecule has 0 aromatic heterocycles. The summed E-state index contributed by atoms with van der Waals surface area (Å²) in [5.74, 6) is -0.515. The molecule has 1 aliphatic heterocycles. The second kappa shape index (κ2) is 7.67. The molecular weight excluding hydrogens is 392 g/mol. The van der Waals surface area contributed by atoms with E-state index in [0.29, 0.717) is 10.6 Å². The van der Waals surface area contributed by atoms with Crippen LogP contribution in [-0.4, -0.2) is 38.5 Å². The Morgan fingerprint density at radius 1 is 1.19 bits per heavy atom. The van der Waals surface area contributed by atoms with Gasteiger partial charge in [-0.3, -0.25) is 4.79 Å². The van der Waals surface area contributed by atoms with Gasteiger partial charge in [-0.05, 0) is 30.2 Å². The summed E-state index contributed by atoms with van der Waals surface area (Å²) >= 11 is 6.04. The van der Waals surface area contributed by atoms with E-state index in [9.17, 15) is 18.0 Å². The molecule has 1 heterocycles. The third-order valence-electron chi connectivity index (χ3n) is 4.16. The highest BCUT2D eigenvalue weighted by Gasteiger charge is 2.34. The molecule has 9 heteroatoms. The lowest BCUT2D eigenvalue weighted by Crippen LogP contribution is -2.40. The lowest BCUT2D eigenvalue weighted by Gasteiger charge is -2.22. The highest BCUT2D eigenvalue weighted by molar-refractivity contribution is 7.89. The van der Waals surface area contributed by atoms with E-state index in [-0.39, 0.29) is 18.0 Å². The summed E-state index contributed by atoms with van der Waals surface area (Å²) in [5.41, 5.74) is 1.35. The van der Waals surface area contributed by atoms with E-state index in [0.717, 1.165) is 10.5 Å². The molecule has 27 heavy (non-hydrogen) atoms. The molecule has 7 nitrogen and oxygen atoms in total. The fraction of sp³-hybridized carbons (Fsp3) is 0.222. The van der Waals surface area contributed by atoms with Crippen molar-refractivity contribution < 1.29 is 22.7 Å². The van der Waals surface area contributed by atoms with E-state index < -0.39 is 28.1 Å². The predicted octanol–water partition coefficient (Wildman–Crippen LogP) is 2.65. The van der Waals surface area contributed by atoms with Crippen LogP contribution in [0.1, 0.15) is 17.2 Å². The Hall–Kier alpha value is -2.42. The van der Waals surface area contributed by atoms with Crippen LogP contribution in [0.5, 0.6) is 0 Å². The smallest absolute Gasteiger partial charge is 0.417 e. The van der Waals surface area contributed by atoms with Gasteiger partial charge in [0.2, 0.25) is 10.0 Å². The summed E-state index contributed by atoms with van der Waals surface area (Å²) in [6, 6.07) is 12.2. The van der Waals surface area contributed by atoms with E-state index in [2.05, 4.69) is 4.72 Å². The third kappa shape index (κ3) is 4.29. The van der Waals surface area contributed by atoms with Gasteiger partial charge in [0.25, 0.3) is 5.91 Å². The zero-order valence-corrected chi connectivity index (χ0v) is 16.0. The van der Waals surface area contributed by atoms with Gasteiger partial charge in [0.1, 0.15) is 0 Å². The largest absolute Gasteiger partial charge is 0.439 e. The zero-order valence-electron chi connectivity index (χ0n) is 14.4. The first-order chi connectivity index (χ1) is 12.8. The predicted molar refractivity (Wildman–Crippen MR) is 98.8 cm³/mol. The summed E-state index contributed by atoms with van der Waals surface area (Å²) in [5, 5.41) is 0.326. The Kier molecular flexibility index (Phi) is 5.50. The number of hydrogen-bond acceptors (Lipinski definition) is 5. The normalized spacial score (nSPS) is 15.7. The maximum Gasteiger partial charge on any atom is 0.417 e. The van der Waals surface area contributed by atoms with E-state index >= 15 is 0 Å². The average molecular weight is 409 g/mol. The van der Waals surface area contributed by atoms with Crippen molar-refractivity contribution in [3.8, 4) is 0 Å². The first-order valence-electron chi connectivity index (χ1n) is 8.08. The Balaban J connectivity index is 1.92. The maximum atomic E-state index is 12.8. The second-order valence-corrected chi connectivity index (χ2v) is 8.18. The van der Waals surface area contributed by atoms with Gasteiger partial charge in [0, 0.05) is 5.02 Å². The standard InChI is InChI=1S/C18H17ClN2O5S/c1-12-7-8-14(9-15(12)19)27(24,25)20-16(13-5-3-2-4-6-13)10-21-17(22)11-26-18(21)23/h2-9,16,20H,10-11H2,1H3. The molecule has 1 N–H and O–H groups in total. The molecule has 2 amide bonds. The van der Waals surface area contributed by atoms with Gasteiger partial charge in [-0.1, -0.05) is 48.0 Å². The topological polar surface area (TPSA) is 92.8 Å². The summed E-state index contributed by atoms with van der Waals surface area (Å²) in [7, 11) is -3.95. The van der Waals surface area contributed by atoms with E-state index in [4.69, 9.17) is 16.3 Å². The van der Waals surface area contributed by atoms with Crippen molar-refractivity contribution in [2.24, 2.45) is 0 Å². The Morgan fingerprint density at radius 2 is 1.89 bits per heavy atom. The highest BCUT2D eigenvalue weighted by atomic mass is 35.5. The molecule has 0 bridgehead atoms. The summed E-state index contributed by atoms with van der Waals surface area (Å²) in [6.45, 7) is 1.24. The molecule has 0 saturated carbocycles. The number of nitrogens with zero attached hydrogens (tertiary/aromatic N) is 1. The first kappa shape index (κ1) is 19.3. The van der Waals surface area contributed by atoms with Crippen molar-refractivity contribution in [3.63, 3.8) is 0 Å². The number of amides is 2. The summed E-state index contributed by atoms with van der Waals surface area (Å²) in [4.78, 5) is 24.5. The van der Waals surface area contributed by atoms with Gasteiger partial charge < -0.3 is 4.74 Å². The van der Waals surface area contributed by atoms with Gasteiger partial charge in [-0.15, -0.1) is 0 Å². The summed E-state index contributed by atoms with van der Waals surface area (Å²) < 4.78 is 32.9. The van der Waals surface area contributed by atoms with Crippen molar-refractivity contribution in [2.45, 2.75) is 17.9 Å². The number of carbonyl (C=O) groups excluding carboxylic acids is 2. The molecular formula is C18H17ClN2O5S. The van der Waals surface area contributed by atoms with Crippen LogP contribution in [0.3, 0.4) is 0 Å². The van der Waals surface area contributed by atoms with Crippen molar-refractivity contribution in [1.82, 2.24) is 9.62 Å². The third-order valence-corrected chi connectivity index (χ3v) is 6.04. The van der Waals surface area contributed by atoms with Crippen LogP contribution in [0.2, 0.25) is 5.02 Å². The molecule has 1 saturated heterocycles. The average Bonchev–Trinajstić information content (AvgIpc) is 2.96.